The van der Waals surface area contributed by atoms with Crippen LogP contribution < -0.4 is 0 Å². The van der Waals surface area contributed by atoms with Crippen molar-refractivity contribution in [3.63, 3.8) is 0 Å². The molecule has 2 aliphatic rings. The molecule has 0 spiro atoms. The summed E-state index contributed by atoms with van der Waals surface area (Å²) in [5.41, 5.74) is 0. The van der Waals surface area contributed by atoms with Crippen molar-refractivity contribution in [1.82, 2.24) is 0 Å². The Bertz CT molecular complexity index is 299. The smallest absolute Gasteiger partial charge is 0.299 e. The monoisotopic (exact) mass is 578 g/mol. The molecule has 0 aromatic rings. The SMILES string of the molecule is C[SiH]1O[SiH2]O[SiH2]O[SiH2]O[SiH2]O[SiH2]O1.ClC1C(Cl)C(Cl)C(Cl)C(Cl)C1Cl. The van der Waals surface area contributed by atoms with Gasteiger partial charge >= 0.3 is 0 Å². The van der Waals surface area contributed by atoms with Gasteiger partial charge in [-0.3, -0.25) is 0 Å². The maximum absolute atomic E-state index is 5.88. The van der Waals surface area contributed by atoms with Crippen LogP contribution in [0.2, 0.25) is 6.55 Å². The van der Waals surface area contributed by atoms with E-state index in [0.717, 1.165) is 0 Å². The first-order valence-electron chi connectivity index (χ1n) is 7.24. The summed E-state index contributed by atoms with van der Waals surface area (Å²) in [6.07, 6.45) is 0. The molecule has 1 saturated carbocycles. The molecule has 1 aliphatic heterocycles. The molecule has 0 radical (unpaired) electrons. The lowest BCUT2D eigenvalue weighted by Crippen LogP contribution is -2.52. The zero-order chi connectivity index (χ0) is 18.8. The predicted molar refractivity (Wildman–Crippen MR) is 120 cm³/mol. The molecular weight excluding hydrogens is 561 g/mol. The quantitative estimate of drug-likeness (QED) is 0.259. The van der Waals surface area contributed by atoms with Crippen molar-refractivity contribution in [2.45, 2.75) is 38.8 Å². The number of rotatable bonds is 0. The van der Waals surface area contributed by atoms with Gasteiger partial charge in [-0.25, -0.2) is 0 Å². The molecule has 1 saturated heterocycles. The van der Waals surface area contributed by atoms with E-state index in [0.29, 0.717) is 0 Å². The fourth-order valence-corrected chi connectivity index (χ4v) is 15.0. The van der Waals surface area contributed by atoms with E-state index in [9.17, 15) is 0 Å². The van der Waals surface area contributed by atoms with E-state index >= 15 is 0 Å². The van der Waals surface area contributed by atoms with Crippen LogP contribution in [0, 0.1) is 0 Å². The van der Waals surface area contributed by atoms with Crippen LogP contribution in [0.1, 0.15) is 0 Å². The van der Waals surface area contributed by atoms with Gasteiger partial charge in [-0.05, 0) is 6.55 Å². The van der Waals surface area contributed by atoms with Gasteiger partial charge in [0.1, 0.15) is 0 Å². The molecule has 6 nitrogen and oxygen atoms in total. The van der Waals surface area contributed by atoms with Crippen LogP contribution >= 0.6 is 69.6 Å². The lowest BCUT2D eigenvalue weighted by molar-refractivity contribution is 0.338. The number of hydrogen-bond donors (Lipinski definition) is 0. The van der Waals surface area contributed by atoms with Gasteiger partial charge in [-0.15, -0.1) is 69.6 Å². The van der Waals surface area contributed by atoms with Crippen LogP contribution in [0.15, 0.2) is 0 Å². The Labute approximate surface area is 191 Å². The van der Waals surface area contributed by atoms with Gasteiger partial charge in [0, 0.05) is 0 Å². The molecule has 25 heavy (non-hydrogen) atoms. The third-order valence-electron chi connectivity index (χ3n) is 3.10. The third kappa shape index (κ3) is 9.90. The Morgan fingerprint density at radius 2 is 0.760 bits per heavy atom. The molecule has 1 aliphatic carbocycles. The molecule has 0 unspecified atom stereocenters. The summed E-state index contributed by atoms with van der Waals surface area (Å²) in [7, 11) is -5.56. The van der Waals surface area contributed by atoms with E-state index < -0.39 is 91.6 Å². The van der Waals surface area contributed by atoms with Crippen molar-refractivity contribution in [3.05, 3.63) is 0 Å². The molecule has 0 amide bonds. The maximum Gasteiger partial charge on any atom is 0.299 e. The van der Waals surface area contributed by atoms with Crippen molar-refractivity contribution in [2.75, 3.05) is 0 Å². The summed E-state index contributed by atoms with van der Waals surface area (Å²) in [4.78, 5) is 0. The summed E-state index contributed by atoms with van der Waals surface area (Å²) in [6, 6.07) is 0. The van der Waals surface area contributed by atoms with Gasteiger partial charge in [0.25, 0.3) is 59.3 Å². The van der Waals surface area contributed by atoms with E-state index in [1.165, 1.54) is 0 Å². The highest BCUT2D eigenvalue weighted by Crippen LogP contribution is 2.39. The first kappa shape index (κ1) is 25.8. The zero-order valence-corrected chi connectivity index (χ0v) is 26.1. The van der Waals surface area contributed by atoms with Crippen molar-refractivity contribution in [3.8, 4) is 0 Å². The van der Waals surface area contributed by atoms with Gasteiger partial charge in [-0.2, -0.15) is 0 Å². The van der Waals surface area contributed by atoms with Crippen molar-refractivity contribution in [1.29, 1.82) is 0 Å². The minimum absolute atomic E-state index is 0.437. The minimum Gasteiger partial charge on any atom is -0.425 e. The Balaban J connectivity index is 0.000000251. The molecular formula is C7H20Cl6O6Si6. The van der Waals surface area contributed by atoms with Crippen LogP contribution in [0.3, 0.4) is 0 Å². The van der Waals surface area contributed by atoms with E-state index in [-0.39, 0.29) is 0 Å². The lowest BCUT2D eigenvalue weighted by atomic mass is 9.97. The van der Waals surface area contributed by atoms with Crippen molar-refractivity contribution in [2.24, 2.45) is 0 Å². The second-order valence-electron chi connectivity index (χ2n) is 4.97. The highest BCUT2D eigenvalue weighted by molar-refractivity contribution is 6.58. The maximum atomic E-state index is 5.88. The normalized spacial score (nSPS) is 46.4. The molecule has 0 aromatic carbocycles. The highest BCUT2D eigenvalue weighted by Gasteiger charge is 2.46. The van der Waals surface area contributed by atoms with Crippen LogP contribution in [0.25, 0.3) is 0 Å². The Hall–Kier alpha value is 2.80. The summed E-state index contributed by atoms with van der Waals surface area (Å²) < 4.78 is 32.1. The predicted octanol–water partition coefficient (Wildman–Crippen LogP) is -1.41. The zero-order valence-electron chi connectivity index (χ0n) is 13.3. The summed E-state index contributed by atoms with van der Waals surface area (Å²) in [6.45, 7) is 2.00. The molecule has 2 rings (SSSR count). The molecule has 18 heteroatoms. The number of alkyl halides is 6. The Morgan fingerprint density at radius 1 is 0.520 bits per heavy atom. The Kier molecular flexibility index (Phi) is 15.2. The summed E-state index contributed by atoms with van der Waals surface area (Å²) in [5.74, 6) is 0. The molecule has 0 atom stereocenters. The average molecular weight is 581 g/mol. The summed E-state index contributed by atoms with van der Waals surface area (Å²) >= 11 is 35.3. The van der Waals surface area contributed by atoms with Gasteiger partial charge in [0.05, 0.1) is 32.3 Å². The van der Waals surface area contributed by atoms with E-state index in [4.69, 9.17) is 94.3 Å². The first-order valence-corrected chi connectivity index (χ1v) is 17.7. The van der Waals surface area contributed by atoms with E-state index in [1.54, 1.807) is 0 Å². The van der Waals surface area contributed by atoms with E-state index in [2.05, 4.69) is 0 Å². The molecule has 150 valence electrons. The van der Waals surface area contributed by atoms with Crippen LogP contribution in [0.4, 0.5) is 0 Å². The molecule has 2 fully saturated rings. The lowest BCUT2D eigenvalue weighted by Gasteiger charge is -2.37. The Morgan fingerprint density at radius 3 is 1.04 bits per heavy atom. The standard InChI is InChI=1S/C6H6Cl6.CH14O6Si6/c7-1-2(8)4(10)6(12)5(11)3(1)9;1-13-6-11-4-9-2-8-3-10-5-12-7-13/h1-6H;13H,8-12H2,1H3. The fourth-order valence-electron chi connectivity index (χ4n) is 1.70. The average Bonchev–Trinajstić information content (AvgIpc) is 2.60. The van der Waals surface area contributed by atoms with Gasteiger partial charge in [-0.1, -0.05) is 0 Å². The van der Waals surface area contributed by atoms with Gasteiger partial charge < -0.3 is 24.7 Å². The van der Waals surface area contributed by atoms with Gasteiger partial charge in [0.15, 0.2) is 0 Å². The largest absolute Gasteiger partial charge is 0.425 e. The van der Waals surface area contributed by atoms with Crippen LogP contribution in [0.5, 0.6) is 0 Å². The van der Waals surface area contributed by atoms with E-state index in [1.807, 2.05) is 6.55 Å². The molecule has 0 bridgehead atoms. The fraction of sp³-hybridized carbons (Fsp3) is 1.00. The number of hydrogen-bond acceptors (Lipinski definition) is 6. The van der Waals surface area contributed by atoms with Crippen LogP contribution in [-0.2, 0) is 24.7 Å². The molecule has 1 heterocycles. The second kappa shape index (κ2) is 14.7. The highest BCUT2D eigenvalue weighted by atomic mass is 35.5. The van der Waals surface area contributed by atoms with Crippen LogP contribution in [-0.4, -0.2) is 91.6 Å². The molecule has 0 N–H and O–H groups in total. The minimum atomic E-state index is -1.43. The molecule has 0 aromatic heterocycles. The van der Waals surface area contributed by atoms with Crippen molar-refractivity contribution < 1.29 is 24.7 Å². The van der Waals surface area contributed by atoms with Gasteiger partial charge in [0.2, 0.25) is 0 Å². The van der Waals surface area contributed by atoms with Crippen molar-refractivity contribution >= 4 is 129 Å². The topological polar surface area (TPSA) is 55.4 Å². The second-order valence-corrected chi connectivity index (χ2v) is 19.5. The number of halogens is 6. The third-order valence-corrected chi connectivity index (χ3v) is 17.3. The first-order chi connectivity index (χ1) is 11.9. The summed E-state index contributed by atoms with van der Waals surface area (Å²) in [5, 5.41) is -2.62.